The Kier molecular flexibility index (Phi) is 4.06. The minimum atomic E-state index is -0.269. The van der Waals surface area contributed by atoms with Gasteiger partial charge in [0.2, 0.25) is 5.91 Å². The number of aryl methyl sites for hydroxylation is 1. The number of likely N-dealkylation sites (N-methyl/N-ethyl adjacent to an activating group) is 1. The highest BCUT2D eigenvalue weighted by Gasteiger charge is 2.30. The molecule has 1 aliphatic rings. The molecule has 0 aliphatic carbocycles. The van der Waals surface area contributed by atoms with Gasteiger partial charge in [-0.3, -0.25) is 4.79 Å². The van der Waals surface area contributed by atoms with E-state index in [9.17, 15) is 4.79 Å². The third-order valence-corrected chi connectivity index (χ3v) is 5.46. The average molecular weight is 363 g/mol. The Hall–Kier alpha value is -1.30. The minimum Gasteiger partial charge on any atom is -0.324 e. The molecule has 1 atom stereocenters. The SMILES string of the molecule is CNC1C(=O)Nc2cc(Sc3ccc(C)cc3)c(Br)cc21. The van der Waals surface area contributed by atoms with Crippen LogP contribution in [0.5, 0.6) is 0 Å². The van der Waals surface area contributed by atoms with Gasteiger partial charge in [0.25, 0.3) is 0 Å². The number of halogens is 1. The van der Waals surface area contributed by atoms with Gasteiger partial charge in [0, 0.05) is 25.5 Å². The van der Waals surface area contributed by atoms with Crippen LogP contribution in [0.2, 0.25) is 0 Å². The van der Waals surface area contributed by atoms with Gasteiger partial charge in [-0.25, -0.2) is 0 Å². The quantitative estimate of drug-likeness (QED) is 0.862. The first-order valence-corrected chi connectivity index (χ1v) is 8.25. The summed E-state index contributed by atoms with van der Waals surface area (Å²) in [6, 6.07) is 12.2. The number of anilines is 1. The highest BCUT2D eigenvalue weighted by atomic mass is 79.9. The van der Waals surface area contributed by atoms with Crippen LogP contribution in [0.1, 0.15) is 17.2 Å². The fraction of sp³-hybridized carbons (Fsp3) is 0.188. The lowest BCUT2D eigenvalue weighted by molar-refractivity contribution is -0.117. The maximum Gasteiger partial charge on any atom is 0.246 e. The number of fused-ring (bicyclic) bond motifs is 1. The average Bonchev–Trinajstić information content (AvgIpc) is 2.76. The zero-order chi connectivity index (χ0) is 15.0. The normalized spacial score (nSPS) is 16.7. The van der Waals surface area contributed by atoms with Gasteiger partial charge in [-0.2, -0.15) is 0 Å². The Labute approximate surface area is 136 Å². The molecule has 2 N–H and O–H groups in total. The highest BCUT2D eigenvalue weighted by molar-refractivity contribution is 9.10. The molecule has 5 heteroatoms. The van der Waals surface area contributed by atoms with Gasteiger partial charge in [-0.15, -0.1) is 0 Å². The maximum absolute atomic E-state index is 11.9. The highest BCUT2D eigenvalue weighted by Crippen LogP contribution is 2.41. The van der Waals surface area contributed by atoms with Gasteiger partial charge in [0.15, 0.2) is 0 Å². The molecule has 1 unspecified atom stereocenters. The van der Waals surface area contributed by atoms with Crippen LogP contribution in [0, 0.1) is 6.92 Å². The second-order valence-corrected chi connectivity index (χ2v) is 6.97. The van der Waals surface area contributed by atoms with Crippen molar-refractivity contribution < 1.29 is 4.79 Å². The molecule has 0 fully saturated rings. The van der Waals surface area contributed by atoms with Crippen molar-refractivity contribution in [2.24, 2.45) is 0 Å². The number of hydrogen-bond donors (Lipinski definition) is 2. The number of carbonyl (C=O) groups excluding carboxylic acids is 1. The first kappa shape index (κ1) is 14.6. The molecule has 1 aliphatic heterocycles. The van der Waals surface area contributed by atoms with E-state index in [1.807, 2.05) is 12.1 Å². The summed E-state index contributed by atoms with van der Waals surface area (Å²) in [5.41, 5.74) is 3.12. The lowest BCUT2D eigenvalue weighted by Crippen LogP contribution is -2.23. The molecular formula is C16H15BrN2OS. The zero-order valence-corrected chi connectivity index (χ0v) is 14.1. The van der Waals surface area contributed by atoms with Crippen LogP contribution in [-0.2, 0) is 4.79 Å². The molecule has 21 heavy (non-hydrogen) atoms. The summed E-state index contributed by atoms with van der Waals surface area (Å²) < 4.78 is 1.00. The largest absolute Gasteiger partial charge is 0.324 e. The van der Waals surface area contributed by atoms with E-state index in [2.05, 4.69) is 57.8 Å². The molecule has 3 rings (SSSR count). The molecule has 0 radical (unpaired) electrons. The molecule has 108 valence electrons. The molecule has 2 aromatic rings. The second-order valence-electron chi connectivity index (χ2n) is 5.00. The Balaban J connectivity index is 1.93. The fourth-order valence-corrected chi connectivity index (χ4v) is 3.82. The van der Waals surface area contributed by atoms with Gasteiger partial charge in [0.05, 0.1) is 0 Å². The molecule has 0 bridgehead atoms. The van der Waals surface area contributed by atoms with Crippen LogP contribution in [0.25, 0.3) is 0 Å². The van der Waals surface area contributed by atoms with Crippen molar-refractivity contribution in [3.8, 4) is 0 Å². The van der Waals surface area contributed by atoms with Gasteiger partial charge in [-0.1, -0.05) is 29.5 Å². The van der Waals surface area contributed by atoms with Gasteiger partial charge in [0.1, 0.15) is 6.04 Å². The Morgan fingerprint density at radius 1 is 1.24 bits per heavy atom. The lowest BCUT2D eigenvalue weighted by Gasteiger charge is -2.10. The Morgan fingerprint density at radius 2 is 1.95 bits per heavy atom. The predicted molar refractivity (Wildman–Crippen MR) is 89.9 cm³/mol. The summed E-state index contributed by atoms with van der Waals surface area (Å²) in [7, 11) is 1.79. The fourth-order valence-electron chi connectivity index (χ4n) is 2.36. The summed E-state index contributed by atoms with van der Waals surface area (Å²) in [5.74, 6) is -0.00288. The first-order valence-electron chi connectivity index (χ1n) is 6.64. The molecule has 1 heterocycles. The summed E-state index contributed by atoms with van der Waals surface area (Å²) >= 11 is 5.29. The van der Waals surface area contributed by atoms with Crippen molar-refractivity contribution in [3.63, 3.8) is 0 Å². The molecule has 0 saturated carbocycles. The van der Waals surface area contributed by atoms with Crippen LogP contribution in [-0.4, -0.2) is 13.0 Å². The van der Waals surface area contributed by atoms with Crippen LogP contribution >= 0.6 is 27.7 Å². The number of amides is 1. The van der Waals surface area contributed by atoms with Crippen molar-refractivity contribution in [1.29, 1.82) is 0 Å². The first-order chi connectivity index (χ1) is 10.1. The molecule has 0 saturated heterocycles. The van der Waals surface area contributed by atoms with E-state index in [0.717, 1.165) is 20.6 Å². The van der Waals surface area contributed by atoms with Crippen molar-refractivity contribution in [1.82, 2.24) is 5.32 Å². The van der Waals surface area contributed by atoms with Crippen molar-refractivity contribution >= 4 is 39.3 Å². The number of nitrogens with one attached hydrogen (secondary N) is 2. The molecule has 0 spiro atoms. The summed E-state index contributed by atoms with van der Waals surface area (Å²) in [4.78, 5) is 14.2. The Morgan fingerprint density at radius 3 is 2.62 bits per heavy atom. The Bertz CT molecular complexity index is 700. The summed E-state index contributed by atoms with van der Waals surface area (Å²) in [5, 5.41) is 5.96. The van der Waals surface area contributed by atoms with E-state index >= 15 is 0 Å². The van der Waals surface area contributed by atoms with E-state index in [-0.39, 0.29) is 11.9 Å². The number of hydrogen-bond acceptors (Lipinski definition) is 3. The van der Waals surface area contributed by atoms with Crippen LogP contribution < -0.4 is 10.6 Å². The van der Waals surface area contributed by atoms with Crippen molar-refractivity contribution in [2.75, 3.05) is 12.4 Å². The van der Waals surface area contributed by atoms with E-state index in [4.69, 9.17) is 0 Å². The summed E-state index contributed by atoms with van der Waals surface area (Å²) in [6.45, 7) is 2.08. The summed E-state index contributed by atoms with van der Waals surface area (Å²) in [6.07, 6.45) is 0. The molecule has 1 amide bonds. The van der Waals surface area contributed by atoms with Gasteiger partial charge >= 0.3 is 0 Å². The van der Waals surface area contributed by atoms with Crippen LogP contribution in [0.3, 0.4) is 0 Å². The molecule has 2 aromatic carbocycles. The lowest BCUT2D eigenvalue weighted by atomic mass is 10.1. The van der Waals surface area contributed by atoms with E-state index in [0.29, 0.717) is 0 Å². The third-order valence-electron chi connectivity index (χ3n) is 3.47. The maximum atomic E-state index is 11.9. The number of benzene rings is 2. The molecule has 0 aromatic heterocycles. The standard InChI is InChI=1S/C16H15BrN2OS/c1-9-3-5-10(6-4-9)21-14-8-13-11(7-12(14)17)15(18-2)16(20)19-13/h3-8,15,18H,1-2H3,(H,19,20). The van der Waals surface area contributed by atoms with Gasteiger partial charge < -0.3 is 10.6 Å². The van der Waals surface area contributed by atoms with Gasteiger partial charge in [-0.05, 0) is 54.2 Å². The van der Waals surface area contributed by atoms with E-state index < -0.39 is 0 Å². The van der Waals surface area contributed by atoms with Crippen LogP contribution in [0.15, 0.2) is 50.7 Å². The third kappa shape index (κ3) is 2.86. The molecular weight excluding hydrogens is 348 g/mol. The molecule has 3 nitrogen and oxygen atoms in total. The smallest absolute Gasteiger partial charge is 0.246 e. The zero-order valence-electron chi connectivity index (χ0n) is 11.7. The van der Waals surface area contributed by atoms with Crippen molar-refractivity contribution in [2.45, 2.75) is 22.8 Å². The van der Waals surface area contributed by atoms with E-state index in [1.54, 1.807) is 18.8 Å². The minimum absolute atomic E-state index is 0.00288. The predicted octanol–water partition coefficient (Wildman–Crippen LogP) is 4.12. The second kappa shape index (κ2) is 5.83. The topological polar surface area (TPSA) is 41.1 Å². The van der Waals surface area contributed by atoms with Crippen LogP contribution in [0.4, 0.5) is 5.69 Å². The number of carbonyl (C=O) groups is 1. The van der Waals surface area contributed by atoms with E-state index in [1.165, 1.54) is 10.5 Å². The number of rotatable bonds is 3. The van der Waals surface area contributed by atoms with Crippen molar-refractivity contribution in [3.05, 3.63) is 52.0 Å². The monoisotopic (exact) mass is 362 g/mol.